The van der Waals surface area contributed by atoms with Gasteiger partial charge in [-0.15, -0.1) is 0 Å². The van der Waals surface area contributed by atoms with E-state index < -0.39 is 6.10 Å². The Hall–Kier alpha value is -2.04. The van der Waals surface area contributed by atoms with Gasteiger partial charge in [0.2, 0.25) is 0 Å². The first-order chi connectivity index (χ1) is 10.1. The molecule has 0 radical (unpaired) electrons. The molecule has 110 valence electrons. The van der Waals surface area contributed by atoms with Gasteiger partial charge in [0.25, 0.3) is 5.91 Å². The van der Waals surface area contributed by atoms with Crippen LogP contribution in [0.2, 0.25) is 5.02 Å². The van der Waals surface area contributed by atoms with Crippen molar-refractivity contribution >= 4 is 23.2 Å². The molecule has 0 aliphatic rings. The van der Waals surface area contributed by atoms with Crippen LogP contribution in [0.25, 0.3) is 0 Å². The number of hydrogen-bond donors (Lipinski definition) is 2. The van der Waals surface area contributed by atoms with E-state index in [0.717, 1.165) is 0 Å². The molecule has 2 aromatic rings. The summed E-state index contributed by atoms with van der Waals surface area (Å²) < 4.78 is 5.46. The summed E-state index contributed by atoms with van der Waals surface area (Å²) in [7, 11) is 0. The van der Waals surface area contributed by atoms with Gasteiger partial charge in [0.1, 0.15) is 5.75 Å². The Kier molecular flexibility index (Phi) is 5.20. The second-order valence-electron chi connectivity index (χ2n) is 4.53. The van der Waals surface area contributed by atoms with Crippen LogP contribution in [-0.4, -0.2) is 17.6 Å². The number of nitrogens with one attached hydrogen (secondary N) is 1. The van der Waals surface area contributed by atoms with Crippen molar-refractivity contribution in [3.05, 3.63) is 59.1 Å². The summed E-state index contributed by atoms with van der Waals surface area (Å²) in [5.74, 6) is 0.172. The molecule has 0 aliphatic carbocycles. The average Bonchev–Trinajstić information content (AvgIpc) is 2.48. The van der Waals surface area contributed by atoms with E-state index >= 15 is 0 Å². The molecule has 0 spiro atoms. The highest BCUT2D eigenvalue weighted by Gasteiger charge is 2.11. The molecule has 0 saturated heterocycles. The minimum atomic E-state index is -0.659. The Morgan fingerprint density at radius 2 is 1.90 bits per heavy atom. The van der Waals surface area contributed by atoms with Crippen LogP contribution in [-0.2, 0) is 4.79 Å². The van der Waals surface area contributed by atoms with E-state index in [2.05, 4.69) is 5.32 Å². The first-order valence-electron chi connectivity index (χ1n) is 6.52. The Morgan fingerprint density at radius 3 is 2.62 bits per heavy atom. The van der Waals surface area contributed by atoms with Crippen molar-refractivity contribution in [1.82, 2.24) is 0 Å². The molecule has 5 heteroatoms. The minimum Gasteiger partial charge on any atom is -0.483 e. The molecule has 1 unspecified atom stereocenters. The number of hydrogen-bond acceptors (Lipinski definition) is 3. The summed E-state index contributed by atoms with van der Waals surface area (Å²) in [4.78, 5) is 11.9. The molecule has 0 aromatic heterocycles. The average molecular weight is 306 g/mol. The number of aliphatic hydroxyl groups is 1. The van der Waals surface area contributed by atoms with E-state index in [1.54, 1.807) is 55.5 Å². The predicted octanol–water partition coefficient (Wildman–Crippen LogP) is 3.41. The maximum Gasteiger partial charge on any atom is 0.262 e. The third kappa shape index (κ3) is 4.21. The van der Waals surface area contributed by atoms with Gasteiger partial charge in [-0.25, -0.2) is 0 Å². The molecule has 0 bridgehead atoms. The lowest BCUT2D eigenvalue weighted by molar-refractivity contribution is -0.118. The second-order valence-corrected chi connectivity index (χ2v) is 4.94. The van der Waals surface area contributed by atoms with Crippen LogP contribution in [0.5, 0.6) is 5.75 Å². The summed E-state index contributed by atoms with van der Waals surface area (Å²) in [6, 6.07) is 14.0. The zero-order valence-corrected chi connectivity index (χ0v) is 12.3. The number of ether oxygens (including phenoxy) is 1. The van der Waals surface area contributed by atoms with Gasteiger partial charge in [-0.2, -0.15) is 0 Å². The lowest BCUT2D eigenvalue weighted by Gasteiger charge is -2.13. The first kappa shape index (κ1) is 15.4. The van der Waals surface area contributed by atoms with Crippen molar-refractivity contribution in [1.29, 1.82) is 0 Å². The standard InChI is InChI=1S/C16H16ClNO3/c1-11(19)12-6-2-5-9-15(12)21-10-16(20)18-14-8-4-3-7-13(14)17/h2-9,11,19H,10H2,1H3,(H,18,20). The van der Waals surface area contributed by atoms with E-state index in [0.29, 0.717) is 22.0 Å². The second kappa shape index (κ2) is 7.11. The quantitative estimate of drug-likeness (QED) is 0.890. The fourth-order valence-electron chi connectivity index (χ4n) is 1.85. The Balaban J connectivity index is 1.97. The molecule has 4 nitrogen and oxygen atoms in total. The minimum absolute atomic E-state index is 0.158. The highest BCUT2D eigenvalue weighted by Crippen LogP contribution is 2.24. The number of carbonyl (C=O) groups excluding carboxylic acids is 1. The van der Waals surface area contributed by atoms with Crippen molar-refractivity contribution in [2.45, 2.75) is 13.0 Å². The summed E-state index contributed by atoms with van der Waals surface area (Å²) >= 11 is 5.96. The predicted molar refractivity (Wildman–Crippen MR) is 82.7 cm³/mol. The van der Waals surface area contributed by atoms with Crippen molar-refractivity contribution in [3.63, 3.8) is 0 Å². The van der Waals surface area contributed by atoms with Gasteiger partial charge in [-0.05, 0) is 25.1 Å². The largest absolute Gasteiger partial charge is 0.483 e. The molecule has 2 aromatic carbocycles. The smallest absolute Gasteiger partial charge is 0.262 e. The summed E-state index contributed by atoms with van der Waals surface area (Å²) in [6.45, 7) is 1.49. The molecule has 2 rings (SSSR count). The highest BCUT2D eigenvalue weighted by molar-refractivity contribution is 6.33. The molecule has 21 heavy (non-hydrogen) atoms. The van der Waals surface area contributed by atoms with Crippen LogP contribution in [0.3, 0.4) is 0 Å². The van der Waals surface area contributed by atoms with E-state index in [1.807, 2.05) is 0 Å². The van der Waals surface area contributed by atoms with Crippen LogP contribution < -0.4 is 10.1 Å². The van der Waals surface area contributed by atoms with Gasteiger partial charge in [0.05, 0.1) is 16.8 Å². The van der Waals surface area contributed by atoms with E-state index in [1.165, 1.54) is 0 Å². The van der Waals surface area contributed by atoms with Crippen LogP contribution in [0.15, 0.2) is 48.5 Å². The van der Waals surface area contributed by atoms with Gasteiger partial charge in [-0.3, -0.25) is 4.79 Å². The summed E-state index contributed by atoms with van der Waals surface area (Å²) in [5.41, 5.74) is 1.18. The summed E-state index contributed by atoms with van der Waals surface area (Å²) in [6.07, 6.45) is -0.659. The fourth-order valence-corrected chi connectivity index (χ4v) is 2.03. The highest BCUT2D eigenvalue weighted by atomic mass is 35.5. The molecular formula is C16H16ClNO3. The normalized spacial score (nSPS) is 11.8. The third-order valence-electron chi connectivity index (χ3n) is 2.88. The van der Waals surface area contributed by atoms with Crippen LogP contribution in [0, 0.1) is 0 Å². The monoisotopic (exact) mass is 305 g/mol. The molecule has 0 heterocycles. The SMILES string of the molecule is CC(O)c1ccccc1OCC(=O)Nc1ccccc1Cl. The number of anilines is 1. The van der Waals surface area contributed by atoms with Crippen LogP contribution >= 0.6 is 11.6 Å². The van der Waals surface area contributed by atoms with Crippen LogP contribution in [0.4, 0.5) is 5.69 Å². The maximum atomic E-state index is 11.9. The van der Waals surface area contributed by atoms with E-state index in [4.69, 9.17) is 16.3 Å². The van der Waals surface area contributed by atoms with Crippen molar-refractivity contribution in [2.24, 2.45) is 0 Å². The molecule has 0 saturated carbocycles. The first-order valence-corrected chi connectivity index (χ1v) is 6.90. The van der Waals surface area contributed by atoms with Crippen molar-refractivity contribution < 1.29 is 14.6 Å². The van der Waals surface area contributed by atoms with E-state index in [-0.39, 0.29) is 12.5 Å². The van der Waals surface area contributed by atoms with Gasteiger partial charge < -0.3 is 15.2 Å². The molecule has 2 N–H and O–H groups in total. The molecule has 1 atom stereocenters. The Morgan fingerprint density at radius 1 is 1.24 bits per heavy atom. The fraction of sp³-hybridized carbons (Fsp3) is 0.188. The van der Waals surface area contributed by atoms with E-state index in [9.17, 15) is 9.90 Å². The van der Waals surface area contributed by atoms with Gasteiger partial charge in [0.15, 0.2) is 6.61 Å². The Bertz CT molecular complexity index is 628. The number of halogens is 1. The number of amides is 1. The van der Waals surface area contributed by atoms with Gasteiger partial charge in [-0.1, -0.05) is 41.9 Å². The van der Waals surface area contributed by atoms with Crippen molar-refractivity contribution in [2.75, 3.05) is 11.9 Å². The zero-order chi connectivity index (χ0) is 15.2. The van der Waals surface area contributed by atoms with Gasteiger partial charge in [0, 0.05) is 5.56 Å². The maximum absolute atomic E-state index is 11.9. The molecule has 0 aliphatic heterocycles. The molecule has 0 fully saturated rings. The Labute approximate surface area is 128 Å². The lowest BCUT2D eigenvalue weighted by Crippen LogP contribution is -2.20. The zero-order valence-electron chi connectivity index (χ0n) is 11.5. The third-order valence-corrected chi connectivity index (χ3v) is 3.21. The number of benzene rings is 2. The number of aliphatic hydroxyl groups excluding tert-OH is 1. The van der Waals surface area contributed by atoms with Crippen LogP contribution in [0.1, 0.15) is 18.6 Å². The topological polar surface area (TPSA) is 58.6 Å². The number of carbonyl (C=O) groups is 1. The number of para-hydroxylation sites is 2. The number of rotatable bonds is 5. The van der Waals surface area contributed by atoms with Gasteiger partial charge >= 0.3 is 0 Å². The molecule has 1 amide bonds. The molecular weight excluding hydrogens is 290 g/mol. The summed E-state index contributed by atoms with van der Waals surface area (Å²) in [5, 5.41) is 12.8. The van der Waals surface area contributed by atoms with Crippen molar-refractivity contribution in [3.8, 4) is 5.75 Å². The lowest BCUT2D eigenvalue weighted by atomic mass is 10.1.